The summed E-state index contributed by atoms with van der Waals surface area (Å²) in [6.07, 6.45) is 0. The highest BCUT2D eigenvalue weighted by molar-refractivity contribution is 6.31. The predicted octanol–water partition coefficient (Wildman–Crippen LogP) is 4.81. The number of fused-ring (bicyclic) bond motifs is 1. The van der Waals surface area contributed by atoms with Crippen LogP contribution in [0.1, 0.15) is 21.9 Å². The second-order valence-corrected chi connectivity index (χ2v) is 7.46. The number of nitrogens with zero attached hydrogens (tertiary/aromatic N) is 4. The molecule has 0 saturated carbocycles. The number of halogens is 2. The molecule has 4 aromatic rings. The minimum Gasteiger partial charge on any atom is -0.378 e. The van der Waals surface area contributed by atoms with E-state index in [1.807, 2.05) is 12.1 Å². The molecule has 0 aliphatic heterocycles. The van der Waals surface area contributed by atoms with Crippen molar-refractivity contribution in [2.45, 2.75) is 13.5 Å². The molecule has 9 heteroatoms. The first-order chi connectivity index (χ1) is 14.5. The van der Waals surface area contributed by atoms with Crippen LogP contribution in [0.2, 0.25) is 10.0 Å². The fourth-order valence-electron chi connectivity index (χ4n) is 3.13. The van der Waals surface area contributed by atoms with Gasteiger partial charge in [0.25, 0.3) is 5.91 Å². The van der Waals surface area contributed by atoms with E-state index in [1.54, 1.807) is 54.9 Å². The Morgan fingerprint density at radius 2 is 1.67 bits per heavy atom. The molecule has 0 spiro atoms. The molecule has 0 atom stereocenters. The lowest BCUT2D eigenvalue weighted by molar-refractivity contribution is 0.102. The Hall–Kier alpha value is -3.00. The van der Waals surface area contributed by atoms with Crippen LogP contribution in [-0.4, -0.2) is 32.8 Å². The van der Waals surface area contributed by atoms with Gasteiger partial charge in [-0.15, -0.1) is 10.2 Å². The largest absolute Gasteiger partial charge is 0.378 e. The molecule has 1 amide bonds. The summed E-state index contributed by atoms with van der Waals surface area (Å²) in [5, 5.41) is 17.1. The summed E-state index contributed by atoms with van der Waals surface area (Å²) in [6, 6.07) is 14.2. The van der Waals surface area contributed by atoms with Crippen molar-refractivity contribution >= 4 is 40.4 Å². The summed E-state index contributed by atoms with van der Waals surface area (Å²) < 4.78 is 6.92. The zero-order valence-corrected chi connectivity index (χ0v) is 17.7. The lowest BCUT2D eigenvalue weighted by Gasteiger charge is -2.08. The maximum Gasteiger partial charge on any atom is 0.278 e. The number of methoxy groups -OCH3 is 1. The van der Waals surface area contributed by atoms with Crippen molar-refractivity contribution in [1.29, 1.82) is 0 Å². The van der Waals surface area contributed by atoms with Crippen molar-refractivity contribution in [2.75, 3.05) is 12.4 Å². The van der Waals surface area contributed by atoms with E-state index in [0.29, 0.717) is 32.8 Å². The normalized spacial score (nSPS) is 11.1. The highest BCUT2D eigenvalue weighted by Gasteiger charge is 2.22. The molecule has 7 nitrogen and oxygen atoms in total. The minimum absolute atomic E-state index is 0.173. The van der Waals surface area contributed by atoms with Crippen molar-refractivity contribution in [3.63, 3.8) is 0 Å². The van der Waals surface area contributed by atoms with Crippen molar-refractivity contribution in [2.24, 2.45) is 0 Å². The molecule has 2 heterocycles. The fraction of sp³-hybridized carbons (Fsp3) is 0.143. The van der Waals surface area contributed by atoms with Crippen LogP contribution in [0.25, 0.3) is 16.8 Å². The average molecular weight is 442 g/mol. The third-order valence-corrected chi connectivity index (χ3v) is 5.07. The van der Waals surface area contributed by atoms with E-state index < -0.39 is 0 Å². The molecular formula is C21H17Cl2N5O2. The van der Waals surface area contributed by atoms with Crippen LogP contribution < -0.4 is 5.32 Å². The maximum absolute atomic E-state index is 12.8. The summed E-state index contributed by atoms with van der Waals surface area (Å²) in [5.41, 5.74) is 4.23. The number of rotatable bonds is 5. The summed E-state index contributed by atoms with van der Waals surface area (Å²) in [6.45, 7) is 2.06. The number of carbonyl (C=O) groups is 1. The Bertz CT molecular complexity index is 1220. The average Bonchev–Trinajstić information content (AvgIpc) is 3.10. The zero-order valence-electron chi connectivity index (χ0n) is 16.2. The molecule has 30 heavy (non-hydrogen) atoms. The number of benzene rings is 2. The second kappa shape index (κ2) is 8.39. The Kier molecular flexibility index (Phi) is 5.67. The van der Waals surface area contributed by atoms with E-state index in [-0.39, 0.29) is 18.2 Å². The molecule has 152 valence electrons. The monoisotopic (exact) mass is 441 g/mol. The highest BCUT2D eigenvalue weighted by atomic mass is 35.5. The lowest BCUT2D eigenvalue weighted by Crippen LogP contribution is -2.18. The first-order valence-electron chi connectivity index (χ1n) is 9.04. The van der Waals surface area contributed by atoms with Gasteiger partial charge >= 0.3 is 0 Å². The van der Waals surface area contributed by atoms with Crippen LogP contribution in [0.3, 0.4) is 0 Å². The lowest BCUT2D eigenvalue weighted by atomic mass is 10.1. The van der Waals surface area contributed by atoms with Gasteiger partial charge < -0.3 is 10.1 Å². The van der Waals surface area contributed by atoms with E-state index >= 15 is 0 Å². The SMILES string of the molecule is COCc1nn2c(C)c(C(=O)Nc3ccc(Cl)cc3)nnc2c1-c1ccc(Cl)cc1. The topological polar surface area (TPSA) is 81.4 Å². The Labute approximate surface area is 182 Å². The molecule has 4 rings (SSSR count). The molecule has 2 aromatic heterocycles. The van der Waals surface area contributed by atoms with Gasteiger partial charge in [0, 0.05) is 22.8 Å². The van der Waals surface area contributed by atoms with Crippen LogP contribution >= 0.6 is 23.2 Å². The molecule has 0 fully saturated rings. The molecule has 0 aliphatic rings. The Morgan fingerprint density at radius 3 is 2.30 bits per heavy atom. The third kappa shape index (κ3) is 3.87. The van der Waals surface area contributed by atoms with Gasteiger partial charge in [0.15, 0.2) is 11.3 Å². The predicted molar refractivity (Wildman–Crippen MR) is 116 cm³/mol. The van der Waals surface area contributed by atoms with Gasteiger partial charge in [0.1, 0.15) is 0 Å². The molecule has 0 unspecified atom stereocenters. The minimum atomic E-state index is -0.388. The molecule has 0 saturated heterocycles. The van der Waals surface area contributed by atoms with E-state index in [1.165, 1.54) is 0 Å². The van der Waals surface area contributed by atoms with Gasteiger partial charge in [0.05, 0.1) is 23.6 Å². The van der Waals surface area contributed by atoms with Crippen molar-refractivity contribution in [3.05, 3.63) is 75.7 Å². The third-order valence-electron chi connectivity index (χ3n) is 4.57. The zero-order chi connectivity index (χ0) is 21.3. The van der Waals surface area contributed by atoms with Crippen molar-refractivity contribution in [1.82, 2.24) is 19.8 Å². The summed E-state index contributed by atoms with van der Waals surface area (Å²) in [7, 11) is 1.60. The number of carbonyl (C=O) groups excluding carboxylic acids is 1. The van der Waals surface area contributed by atoms with E-state index in [2.05, 4.69) is 20.6 Å². The Balaban J connectivity index is 1.77. The number of aromatic nitrogens is 4. The van der Waals surface area contributed by atoms with Gasteiger partial charge in [-0.1, -0.05) is 35.3 Å². The standard InChI is InChI=1S/C21H17Cl2N5O2/c1-12-19(21(29)24-16-9-7-15(23)8-10-16)25-26-20-18(13-3-5-14(22)6-4-13)17(11-30-2)27-28(12)20/h3-10H,11H2,1-2H3,(H,24,29). The second-order valence-electron chi connectivity index (χ2n) is 6.59. The van der Waals surface area contributed by atoms with Crippen molar-refractivity contribution < 1.29 is 9.53 Å². The maximum atomic E-state index is 12.8. The number of ether oxygens (including phenoxy) is 1. The summed E-state index contributed by atoms with van der Waals surface area (Å²) >= 11 is 11.9. The molecule has 2 aromatic carbocycles. The molecule has 0 bridgehead atoms. The van der Waals surface area contributed by atoms with Crippen LogP contribution in [-0.2, 0) is 11.3 Å². The molecule has 1 N–H and O–H groups in total. The van der Waals surface area contributed by atoms with Gasteiger partial charge in [0.2, 0.25) is 0 Å². The summed E-state index contributed by atoms with van der Waals surface area (Å²) in [4.78, 5) is 12.8. The van der Waals surface area contributed by atoms with Gasteiger partial charge in [-0.05, 0) is 48.9 Å². The van der Waals surface area contributed by atoms with Crippen LogP contribution in [0.4, 0.5) is 5.69 Å². The number of hydrogen-bond acceptors (Lipinski definition) is 5. The van der Waals surface area contributed by atoms with Crippen LogP contribution in [0.15, 0.2) is 48.5 Å². The molecule has 0 aliphatic carbocycles. The van der Waals surface area contributed by atoms with E-state index in [0.717, 1.165) is 11.1 Å². The fourth-order valence-corrected chi connectivity index (χ4v) is 3.38. The van der Waals surface area contributed by atoms with Crippen LogP contribution in [0, 0.1) is 6.92 Å². The quantitative estimate of drug-likeness (QED) is 0.480. The molecule has 0 radical (unpaired) electrons. The number of anilines is 1. The number of amides is 1. The first-order valence-corrected chi connectivity index (χ1v) is 9.80. The smallest absolute Gasteiger partial charge is 0.278 e. The highest BCUT2D eigenvalue weighted by Crippen LogP contribution is 2.30. The van der Waals surface area contributed by atoms with Crippen molar-refractivity contribution in [3.8, 4) is 11.1 Å². The number of aryl methyl sites for hydroxylation is 1. The Morgan fingerprint density at radius 1 is 1.03 bits per heavy atom. The van der Waals surface area contributed by atoms with Gasteiger partial charge in [-0.3, -0.25) is 4.79 Å². The van der Waals surface area contributed by atoms with Gasteiger partial charge in [-0.25, -0.2) is 4.52 Å². The molecular weight excluding hydrogens is 425 g/mol. The van der Waals surface area contributed by atoms with E-state index in [4.69, 9.17) is 27.9 Å². The van der Waals surface area contributed by atoms with Gasteiger partial charge in [-0.2, -0.15) is 5.10 Å². The van der Waals surface area contributed by atoms with Crippen LogP contribution in [0.5, 0.6) is 0 Å². The first kappa shape index (κ1) is 20.3. The summed E-state index contributed by atoms with van der Waals surface area (Å²) in [5.74, 6) is -0.388. The van der Waals surface area contributed by atoms with E-state index in [9.17, 15) is 4.79 Å². The number of nitrogens with one attached hydrogen (secondary N) is 1. The number of hydrogen-bond donors (Lipinski definition) is 1.